The summed E-state index contributed by atoms with van der Waals surface area (Å²) < 4.78 is 16.7. The van der Waals surface area contributed by atoms with Gasteiger partial charge in [-0.15, -0.1) is 0 Å². The van der Waals surface area contributed by atoms with Crippen LogP contribution in [-0.2, 0) is 28.6 Å². The molecule has 0 radical (unpaired) electrons. The van der Waals surface area contributed by atoms with E-state index in [1.54, 1.807) is 0 Å². The number of hydrogen-bond donors (Lipinski definition) is 0. The highest BCUT2D eigenvalue weighted by Crippen LogP contribution is 2.17. The molecule has 0 heterocycles. The van der Waals surface area contributed by atoms with Gasteiger partial charge in [-0.3, -0.25) is 14.4 Å². The van der Waals surface area contributed by atoms with Crippen molar-refractivity contribution in [2.24, 2.45) is 11.8 Å². The number of esters is 3. The Hall–Kier alpha value is -1.59. The first kappa shape index (κ1) is 53.4. The summed E-state index contributed by atoms with van der Waals surface area (Å²) in [6.07, 6.45) is 40.9. The van der Waals surface area contributed by atoms with E-state index in [4.69, 9.17) is 14.2 Å². The van der Waals surface area contributed by atoms with Crippen LogP contribution in [-0.4, -0.2) is 37.2 Å². The molecule has 0 spiro atoms. The topological polar surface area (TPSA) is 78.9 Å². The van der Waals surface area contributed by atoms with Crippen LogP contribution in [0.15, 0.2) is 0 Å². The predicted octanol–water partition coefficient (Wildman–Crippen LogP) is 15.4. The minimum Gasteiger partial charge on any atom is -0.462 e. The number of unbranched alkanes of at least 4 members (excludes halogenated alkanes) is 28. The molecule has 0 aromatic carbocycles. The fourth-order valence-corrected chi connectivity index (χ4v) is 7.28. The lowest BCUT2D eigenvalue weighted by Crippen LogP contribution is -2.30. The average Bonchev–Trinajstić information content (AvgIpc) is 3.15. The van der Waals surface area contributed by atoms with Crippen LogP contribution in [0.3, 0.4) is 0 Å². The van der Waals surface area contributed by atoms with E-state index in [2.05, 4.69) is 34.6 Å². The molecule has 0 aromatic heterocycles. The fraction of sp³-hybridized carbons (Fsp3) is 0.939. The summed E-state index contributed by atoms with van der Waals surface area (Å²) in [7, 11) is 0. The largest absolute Gasteiger partial charge is 0.462 e. The molecule has 6 heteroatoms. The lowest BCUT2D eigenvalue weighted by molar-refractivity contribution is -0.167. The van der Waals surface area contributed by atoms with Gasteiger partial charge in [0.25, 0.3) is 0 Å². The minimum atomic E-state index is -0.760. The van der Waals surface area contributed by atoms with Gasteiger partial charge in [0.05, 0.1) is 0 Å². The van der Waals surface area contributed by atoms with Gasteiger partial charge in [-0.2, -0.15) is 0 Å². The summed E-state index contributed by atoms with van der Waals surface area (Å²) in [6, 6.07) is 0. The number of ether oxygens (including phenoxy) is 3. The standard InChI is InChI=1S/C49H94O6/c1-6-7-8-9-10-11-18-26-31-36-41-49(52)55-46(43-54-48(51)40-35-30-25-21-20-23-28-33-38-45(4)5)42-53-47(50)39-34-29-24-19-16-14-12-13-15-17-22-27-32-37-44(2)3/h44-46H,6-43H2,1-5H3/t46-/m1/s1. The van der Waals surface area contributed by atoms with E-state index in [9.17, 15) is 14.4 Å². The Balaban J connectivity index is 4.28. The van der Waals surface area contributed by atoms with E-state index in [0.29, 0.717) is 19.3 Å². The smallest absolute Gasteiger partial charge is 0.306 e. The third kappa shape index (κ3) is 43.4. The van der Waals surface area contributed by atoms with Crippen LogP contribution in [0, 0.1) is 11.8 Å². The molecule has 0 bridgehead atoms. The van der Waals surface area contributed by atoms with Gasteiger partial charge < -0.3 is 14.2 Å². The van der Waals surface area contributed by atoms with Crippen LogP contribution in [0.25, 0.3) is 0 Å². The van der Waals surface area contributed by atoms with E-state index in [-0.39, 0.29) is 31.1 Å². The zero-order valence-corrected chi connectivity index (χ0v) is 37.6. The van der Waals surface area contributed by atoms with Gasteiger partial charge in [-0.25, -0.2) is 0 Å². The van der Waals surface area contributed by atoms with Crippen LogP contribution in [0.4, 0.5) is 0 Å². The van der Waals surface area contributed by atoms with E-state index in [1.165, 1.54) is 154 Å². The summed E-state index contributed by atoms with van der Waals surface area (Å²) in [5.74, 6) is 0.781. The second-order valence-electron chi connectivity index (χ2n) is 17.7. The highest BCUT2D eigenvalue weighted by atomic mass is 16.6. The second-order valence-corrected chi connectivity index (χ2v) is 17.7. The van der Waals surface area contributed by atoms with E-state index < -0.39 is 6.10 Å². The zero-order chi connectivity index (χ0) is 40.5. The van der Waals surface area contributed by atoms with Crippen molar-refractivity contribution in [3.63, 3.8) is 0 Å². The molecule has 0 aliphatic carbocycles. The molecule has 0 unspecified atom stereocenters. The summed E-state index contributed by atoms with van der Waals surface area (Å²) in [5.41, 5.74) is 0. The van der Waals surface area contributed by atoms with Crippen molar-refractivity contribution in [3.05, 3.63) is 0 Å². The van der Waals surface area contributed by atoms with E-state index in [1.807, 2.05) is 0 Å². The third-order valence-corrected chi connectivity index (χ3v) is 11.0. The monoisotopic (exact) mass is 779 g/mol. The first-order chi connectivity index (χ1) is 26.7. The summed E-state index contributed by atoms with van der Waals surface area (Å²) in [4.78, 5) is 37.8. The van der Waals surface area contributed by atoms with Crippen LogP contribution >= 0.6 is 0 Å². The van der Waals surface area contributed by atoms with Gasteiger partial charge in [0.2, 0.25) is 0 Å². The lowest BCUT2D eigenvalue weighted by atomic mass is 10.0. The third-order valence-electron chi connectivity index (χ3n) is 11.0. The van der Waals surface area contributed by atoms with Crippen LogP contribution < -0.4 is 0 Å². The number of rotatable bonds is 43. The minimum absolute atomic E-state index is 0.0645. The van der Waals surface area contributed by atoms with Crippen molar-refractivity contribution < 1.29 is 28.6 Å². The summed E-state index contributed by atoms with van der Waals surface area (Å²) in [6.45, 7) is 11.3. The van der Waals surface area contributed by atoms with Gasteiger partial charge >= 0.3 is 17.9 Å². The Morgan fingerprint density at radius 2 is 0.600 bits per heavy atom. The Kier molecular flexibility index (Phi) is 40.8. The molecule has 0 rings (SSSR count). The Bertz CT molecular complexity index is 839. The maximum atomic E-state index is 12.7. The molecule has 0 aromatic rings. The van der Waals surface area contributed by atoms with Gasteiger partial charge in [-0.05, 0) is 31.1 Å². The zero-order valence-electron chi connectivity index (χ0n) is 37.6. The molecule has 0 amide bonds. The number of hydrogen-bond acceptors (Lipinski definition) is 6. The first-order valence-corrected chi connectivity index (χ1v) is 24.2. The van der Waals surface area contributed by atoms with Gasteiger partial charge in [0.1, 0.15) is 13.2 Å². The van der Waals surface area contributed by atoms with Crippen molar-refractivity contribution in [3.8, 4) is 0 Å². The van der Waals surface area contributed by atoms with Crippen molar-refractivity contribution in [1.29, 1.82) is 0 Å². The average molecular weight is 779 g/mol. The fourth-order valence-electron chi connectivity index (χ4n) is 7.28. The van der Waals surface area contributed by atoms with Crippen molar-refractivity contribution in [2.75, 3.05) is 13.2 Å². The molecule has 55 heavy (non-hydrogen) atoms. The van der Waals surface area contributed by atoms with Gasteiger partial charge in [0, 0.05) is 19.3 Å². The maximum absolute atomic E-state index is 12.7. The van der Waals surface area contributed by atoms with E-state index >= 15 is 0 Å². The first-order valence-electron chi connectivity index (χ1n) is 24.2. The molecule has 326 valence electrons. The Morgan fingerprint density at radius 1 is 0.345 bits per heavy atom. The molecular weight excluding hydrogens is 685 g/mol. The molecule has 0 fully saturated rings. The molecule has 6 nitrogen and oxygen atoms in total. The normalized spacial score (nSPS) is 12.1. The van der Waals surface area contributed by atoms with E-state index in [0.717, 1.165) is 69.6 Å². The highest BCUT2D eigenvalue weighted by Gasteiger charge is 2.19. The molecule has 0 saturated heterocycles. The molecular formula is C49H94O6. The maximum Gasteiger partial charge on any atom is 0.306 e. The number of carbonyl (C=O) groups excluding carboxylic acids is 3. The highest BCUT2D eigenvalue weighted by molar-refractivity contribution is 5.71. The van der Waals surface area contributed by atoms with Crippen LogP contribution in [0.5, 0.6) is 0 Å². The van der Waals surface area contributed by atoms with Crippen molar-refractivity contribution in [2.45, 2.75) is 272 Å². The predicted molar refractivity (Wildman–Crippen MR) is 233 cm³/mol. The van der Waals surface area contributed by atoms with Crippen molar-refractivity contribution >= 4 is 17.9 Å². The summed E-state index contributed by atoms with van der Waals surface area (Å²) >= 11 is 0. The second kappa shape index (κ2) is 42.0. The van der Waals surface area contributed by atoms with Crippen LogP contribution in [0.1, 0.15) is 266 Å². The molecule has 0 aliphatic heterocycles. The van der Waals surface area contributed by atoms with Crippen LogP contribution in [0.2, 0.25) is 0 Å². The molecule has 0 N–H and O–H groups in total. The summed E-state index contributed by atoms with van der Waals surface area (Å²) in [5, 5.41) is 0. The molecule has 1 atom stereocenters. The molecule has 0 saturated carbocycles. The van der Waals surface area contributed by atoms with Gasteiger partial charge in [-0.1, -0.05) is 227 Å². The van der Waals surface area contributed by atoms with Gasteiger partial charge in [0.15, 0.2) is 6.10 Å². The quantitative estimate of drug-likeness (QED) is 0.0348. The number of carbonyl (C=O) groups is 3. The SMILES string of the molecule is CCCCCCCCCCCCC(=O)O[C@H](COC(=O)CCCCCCCCCCCCCCCC(C)C)COC(=O)CCCCCCCCCCC(C)C. The lowest BCUT2D eigenvalue weighted by Gasteiger charge is -2.18. The Morgan fingerprint density at radius 3 is 0.891 bits per heavy atom. The molecule has 0 aliphatic rings. The van der Waals surface area contributed by atoms with Crippen molar-refractivity contribution in [1.82, 2.24) is 0 Å². The Labute approximate surface area is 342 Å².